The molecule has 1 amide bonds. The molecule has 0 bridgehead atoms. The summed E-state index contributed by atoms with van der Waals surface area (Å²) >= 11 is 0. The van der Waals surface area contributed by atoms with Crippen molar-refractivity contribution < 1.29 is 4.79 Å². The van der Waals surface area contributed by atoms with Crippen LogP contribution in [0.25, 0.3) is 43.4 Å². The summed E-state index contributed by atoms with van der Waals surface area (Å²) in [7, 11) is 0. The lowest BCUT2D eigenvalue weighted by molar-refractivity contribution is -0.114. The number of rotatable bonds is 2. The number of benzene rings is 5. The van der Waals surface area contributed by atoms with Crippen molar-refractivity contribution in [1.82, 2.24) is 0 Å². The summed E-state index contributed by atoms with van der Waals surface area (Å²) in [5.41, 5.74) is 4.52. The largest absolute Gasteiger partial charge is 0.326 e. The quantitative estimate of drug-likeness (QED) is 0.289. The van der Waals surface area contributed by atoms with Crippen LogP contribution < -0.4 is 5.32 Å². The van der Waals surface area contributed by atoms with Gasteiger partial charge in [0.05, 0.1) is 0 Å². The second-order valence-corrected chi connectivity index (χ2v) is 9.55. The fraction of sp³-hybridized carbons (Fsp3) is 0.167. The Kier molecular flexibility index (Phi) is 4.74. The number of carbonyl (C=O) groups is 1. The van der Waals surface area contributed by atoms with Gasteiger partial charge in [0.2, 0.25) is 5.91 Å². The third kappa shape index (κ3) is 3.42. The molecule has 0 aliphatic carbocycles. The lowest BCUT2D eigenvalue weighted by Gasteiger charge is -2.26. The third-order valence-corrected chi connectivity index (χ3v) is 6.13. The van der Waals surface area contributed by atoms with Crippen molar-refractivity contribution in [3.05, 3.63) is 90.5 Å². The number of hydrogen-bond donors (Lipinski definition) is 1. The number of anilines is 1. The lowest BCUT2D eigenvalue weighted by atomic mass is 9.77. The van der Waals surface area contributed by atoms with Crippen molar-refractivity contribution in [3.63, 3.8) is 0 Å². The first kappa shape index (κ1) is 20.3. The summed E-state index contributed by atoms with van der Waals surface area (Å²) in [4.78, 5) is 11.7. The van der Waals surface area contributed by atoms with Gasteiger partial charge in [-0.1, -0.05) is 87.5 Å². The molecule has 0 heterocycles. The Morgan fingerprint density at radius 3 is 2.06 bits per heavy atom. The minimum Gasteiger partial charge on any atom is -0.326 e. The molecule has 0 atom stereocenters. The molecule has 0 saturated carbocycles. The van der Waals surface area contributed by atoms with Crippen LogP contribution >= 0.6 is 0 Å². The van der Waals surface area contributed by atoms with Gasteiger partial charge < -0.3 is 5.32 Å². The number of nitrogens with one attached hydrogen (secondary N) is 1. The van der Waals surface area contributed by atoms with Crippen LogP contribution in [-0.4, -0.2) is 5.91 Å². The molecule has 2 heteroatoms. The number of fused-ring (bicyclic) bond motifs is 3. The Hall–Kier alpha value is -3.65. The molecule has 0 fully saturated rings. The van der Waals surface area contributed by atoms with E-state index in [-0.39, 0.29) is 11.3 Å². The van der Waals surface area contributed by atoms with E-state index >= 15 is 0 Å². The first-order chi connectivity index (χ1) is 15.3. The van der Waals surface area contributed by atoms with E-state index in [2.05, 4.69) is 105 Å². The van der Waals surface area contributed by atoms with E-state index in [1.54, 1.807) is 6.92 Å². The second-order valence-electron chi connectivity index (χ2n) is 9.55. The van der Waals surface area contributed by atoms with E-state index in [9.17, 15) is 4.79 Å². The maximum atomic E-state index is 11.7. The average Bonchev–Trinajstić information content (AvgIpc) is 2.75. The predicted molar refractivity (Wildman–Crippen MR) is 137 cm³/mol. The van der Waals surface area contributed by atoms with Crippen LogP contribution in [-0.2, 0) is 10.2 Å². The fourth-order valence-electron chi connectivity index (χ4n) is 4.92. The molecule has 0 unspecified atom stereocenters. The van der Waals surface area contributed by atoms with E-state index in [1.165, 1.54) is 49.0 Å². The summed E-state index contributed by atoms with van der Waals surface area (Å²) in [6.07, 6.45) is 0. The van der Waals surface area contributed by atoms with Gasteiger partial charge in [-0.05, 0) is 72.6 Å². The van der Waals surface area contributed by atoms with Crippen LogP contribution in [0.2, 0.25) is 0 Å². The second kappa shape index (κ2) is 7.49. The van der Waals surface area contributed by atoms with Crippen LogP contribution in [0.5, 0.6) is 0 Å². The van der Waals surface area contributed by atoms with Crippen LogP contribution in [0.3, 0.4) is 0 Å². The zero-order valence-corrected chi connectivity index (χ0v) is 19.0. The Bertz CT molecular complexity index is 1500. The molecule has 158 valence electrons. The third-order valence-electron chi connectivity index (χ3n) is 6.13. The molecule has 0 spiro atoms. The van der Waals surface area contributed by atoms with Gasteiger partial charge in [0.1, 0.15) is 0 Å². The molecule has 2 nitrogen and oxygen atoms in total. The lowest BCUT2D eigenvalue weighted by Crippen LogP contribution is -2.13. The predicted octanol–water partition coefficient (Wildman–Crippen LogP) is 8.07. The van der Waals surface area contributed by atoms with Gasteiger partial charge in [0.25, 0.3) is 0 Å². The van der Waals surface area contributed by atoms with Crippen molar-refractivity contribution >= 4 is 43.9 Å². The molecule has 5 rings (SSSR count). The molecule has 0 radical (unpaired) electrons. The summed E-state index contributed by atoms with van der Waals surface area (Å²) in [5.74, 6) is -0.0581. The monoisotopic (exact) mass is 417 g/mol. The molecule has 1 N–H and O–H groups in total. The molecule has 32 heavy (non-hydrogen) atoms. The summed E-state index contributed by atoms with van der Waals surface area (Å²) in [6.45, 7) is 8.33. The van der Waals surface area contributed by atoms with Gasteiger partial charge in [-0.15, -0.1) is 0 Å². The molecule has 0 saturated heterocycles. The topological polar surface area (TPSA) is 29.1 Å². The van der Waals surface area contributed by atoms with Crippen LogP contribution in [0.1, 0.15) is 33.3 Å². The van der Waals surface area contributed by atoms with Crippen LogP contribution in [0.15, 0.2) is 84.9 Å². The van der Waals surface area contributed by atoms with Crippen LogP contribution in [0, 0.1) is 0 Å². The normalized spacial score (nSPS) is 11.9. The van der Waals surface area contributed by atoms with Gasteiger partial charge in [-0.2, -0.15) is 0 Å². The number of carbonyl (C=O) groups excluding carboxylic acids is 1. The summed E-state index contributed by atoms with van der Waals surface area (Å²) in [5, 5.41) is 10.4. The van der Waals surface area contributed by atoms with E-state index < -0.39 is 0 Å². The summed E-state index contributed by atoms with van der Waals surface area (Å²) < 4.78 is 0. The zero-order valence-electron chi connectivity index (χ0n) is 19.0. The van der Waals surface area contributed by atoms with Gasteiger partial charge in [-0.3, -0.25) is 4.79 Å². The van der Waals surface area contributed by atoms with Gasteiger partial charge >= 0.3 is 0 Å². The van der Waals surface area contributed by atoms with E-state index in [0.29, 0.717) is 0 Å². The molecule has 0 aliphatic heterocycles. The Morgan fingerprint density at radius 2 is 1.34 bits per heavy atom. The molecule has 0 aromatic heterocycles. The molecule has 5 aromatic rings. The number of amides is 1. The maximum absolute atomic E-state index is 11.7. The standard InChI is InChI=1S/C30H27NO/c1-19(32)31-23-15-16-25-27(18-23)29(30(2,3)4)26-12-8-7-11-24(26)28(25)22-14-13-20-9-5-6-10-21(20)17-22/h5-18H,1-4H3,(H,31,32). The molecule has 5 aromatic carbocycles. The summed E-state index contributed by atoms with van der Waals surface area (Å²) in [6, 6.07) is 30.2. The molecular formula is C30H27NO. The van der Waals surface area contributed by atoms with Crippen molar-refractivity contribution in [2.45, 2.75) is 33.1 Å². The van der Waals surface area contributed by atoms with E-state index in [0.717, 1.165) is 5.69 Å². The molecule has 0 aliphatic rings. The van der Waals surface area contributed by atoms with Gasteiger partial charge in [0, 0.05) is 12.6 Å². The van der Waals surface area contributed by atoms with Crippen molar-refractivity contribution in [2.75, 3.05) is 5.32 Å². The first-order valence-electron chi connectivity index (χ1n) is 11.1. The van der Waals surface area contributed by atoms with Gasteiger partial charge in [0.15, 0.2) is 0 Å². The Morgan fingerprint density at radius 1 is 0.688 bits per heavy atom. The zero-order chi connectivity index (χ0) is 22.5. The Labute approximate surface area is 188 Å². The Balaban J connectivity index is 1.94. The van der Waals surface area contributed by atoms with Crippen molar-refractivity contribution in [3.8, 4) is 11.1 Å². The van der Waals surface area contributed by atoms with Crippen molar-refractivity contribution in [2.24, 2.45) is 0 Å². The fourth-order valence-corrected chi connectivity index (χ4v) is 4.92. The maximum Gasteiger partial charge on any atom is 0.221 e. The highest BCUT2D eigenvalue weighted by atomic mass is 16.1. The van der Waals surface area contributed by atoms with E-state index in [1.807, 2.05) is 6.07 Å². The molecular weight excluding hydrogens is 390 g/mol. The first-order valence-corrected chi connectivity index (χ1v) is 11.1. The highest BCUT2D eigenvalue weighted by Crippen LogP contribution is 2.44. The highest BCUT2D eigenvalue weighted by molar-refractivity contribution is 6.16. The minimum absolute atomic E-state index is 0.0581. The van der Waals surface area contributed by atoms with E-state index in [4.69, 9.17) is 0 Å². The van der Waals surface area contributed by atoms with Crippen LogP contribution in [0.4, 0.5) is 5.69 Å². The highest BCUT2D eigenvalue weighted by Gasteiger charge is 2.23. The smallest absolute Gasteiger partial charge is 0.221 e. The average molecular weight is 418 g/mol. The number of hydrogen-bond acceptors (Lipinski definition) is 1. The SMILES string of the molecule is CC(=O)Nc1ccc2c(-c3ccc4ccccc4c3)c3ccccc3c(C(C)(C)C)c2c1. The minimum atomic E-state index is -0.0609. The van der Waals surface area contributed by atoms with Crippen molar-refractivity contribution in [1.29, 1.82) is 0 Å². The van der Waals surface area contributed by atoms with Gasteiger partial charge in [-0.25, -0.2) is 0 Å².